The van der Waals surface area contributed by atoms with Crippen LogP contribution in [0.4, 0.5) is 0 Å². The first-order chi connectivity index (χ1) is 9.46. The molecule has 20 heavy (non-hydrogen) atoms. The number of ether oxygens (including phenoxy) is 1. The van der Waals surface area contributed by atoms with Gasteiger partial charge in [0.15, 0.2) is 0 Å². The third-order valence-corrected chi connectivity index (χ3v) is 3.22. The molecule has 0 heterocycles. The molecule has 0 aliphatic heterocycles. The third kappa shape index (κ3) is 4.19. The van der Waals surface area contributed by atoms with Gasteiger partial charge in [-0.3, -0.25) is 4.18 Å². The molecule has 108 valence electrons. The van der Waals surface area contributed by atoms with Gasteiger partial charge in [-0.2, -0.15) is 8.42 Å². The van der Waals surface area contributed by atoms with E-state index in [9.17, 15) is 13.5 Å². The molecule has 0 saturated carbocycles. The van der Waals surface area contributed by atoms with Crippen LogP contribution >= 0.6 is 0 Å². The summed E-state index contributed by atoms with van der Waals surface area (Å²) >= 11 is 0. The van der Waals surface area contributed by atoms with Crippen LogP contribution < -0.4 is 4.74 Å². The van der Waals surface area contributed by atoms with Crippen LogP contribution in [0.1, 0.15) is 0 Å². The first-order valence-corrected chi connectivity index (χ1v) is 7.90. The maximum absolute atomic E-state index is 10.8. The van der Waals surface area contributed by atoms with E-state index in [4.69, 9.17) is 4.74 Å². The molecule has 0 amide bonds. The van der Waals surface area contributed by atoms with Crippen LogP contribution in [0.15, 0.2) is 42.5 Å². The summed E-state index contributed by atoms with van der Waals surface area (Å²) in [6.07, 6.45) is -0.0747. The van der Waals surface area contributed by atoms with Crippen LogP contribution in [-0.2, 0) is 14.3 Å². The minimum atomic E-state index is -3.55. The standard InChI is InChI=1S/C14H16O5S/c1-20(16,17)19-10-12(15)9-18-14-8-4-6-11-5-2-3-7-13(11)14/h2-8,12,15H,9-10H2,1H3. The Morgan fingerprint density at radius 3 is 2.55 bits per heavy atom. The van der Waals surface area contributed by atoms with Crippen molar-refractivity contribution in [2.45, 2.75) is 6.10 Å². The summed E-state index contributed by atoms with van der Waals surface area (Å²) < 4.78 is 31.7. The molecule has 0 fully saturated rings. The molecular formula is C14H16O5S. The monoisotopic (exact) mass is 296 g/mol. The minimum Gasteiger partial charge on any atom is -0.490 e. The Labute approximate surface area is 117 Å². The molecule has 5 nitrogen and oxygen atoms in total. The topological polar surface area (TPSA) is 72.8 Å². The lowest BCUT2D eigenvalue weighted by Gasteiger charge is -2.13. The summed E-state index contributed by atoms with van der Waals surface area (Å²) in [4.78, 5) is 0. The van der Waals surface area contributed by atoms with Crippen molar-refractivity contribution < 1.29 is 22.4 Å². The van der Waals surface area contributed by atoms with Crippen molar-refractivity contribution >= 4 is 20.9 Å². The van der Waals surface area contributed by atoms with Gasteiger partial charge in [-0.15, -0.1) is 0 Å². The van der Waals surface area contributed by atoms with Gasteiger partial charge in [0.05, 0.1) is 12.9 Å². The molecule has 0 aromatic heterocycles. The molecule has 0 aliphatic rings. The van der Waals surface area contributed by atoms with Gasteiger partial charge in [0, 0.05) is 5.39 Å². The Morgan fingerprint density at radius 2 is 1.80 bits per heavy atom. The van der Waals surface area contributed by atoms with Crippen LogP contribution in [0.5, 0.6) is 5.75 Å². The van der Waals surface area contributed by atoms with Crippen LogP contribution in [0.3, 0.4) is 0 Å². The van der Waals surface area contributed by atoms with E-state index in [1.54, 1.807) is 6.07 Å². The van der Waals surface area contributed by atoms with Crippen molar-refractivity contribution in [3.05, 3.63) is 42.5 Å². The summed E-state index contributed by atoms with van der Waals surface area (Å²) in [7, 11) is -3.55. The predicted octanol–water partition coefficient (Wildman–Crippen LogP) is 1.56. The van der Waals surface area contributed by atoms with Gasteiger partial charge < -0.3 is 9.84 Å². The molecule has 0 bridgehead atoms. The second kappa shape index (κ2) is 6.21. The molecule has 0 radical (unpaired) electrons. The van der Waals surface area contributed by atoms with E-state index >= 15 is 0 Å². The zero-order valence-corrected chi connectivity index (χ0v) is 11.8. The largest absolute Gasteiger partial charge is 0.490 e. The third-order valence-electron chi connectivity index (χ3n) is 2.66. The van der Waals surface area contributed by atoms with Crippen molar-refractivity contribution in [1.82, 2.24) is 0 Å². The lowest BCUT2D eigenvalue weighted by molar-refractivity contribution is 0.0657. The van der Waals surface area contributed by atoms with Crippen molar-refractivity contribution in [2.75, 3.05) is 19.5 Å². The quantitative estimate of drug-likeness (QED) is 0.819. The minimum absolute atomic E-state index is 0.0382. The Morgan fingerprint density at radius 1 is 1.10 bits per heavy atom. The van der Waals surface area contributed by atoms with Gasteiger partial charge in [0.25, 0.3) is 10.1 Å². The van der Waals surface area contributed by atoms with Crippen molar-refractivity contribution in [1.29, 1.82) is 0 Å². The Kier molecular flexibility index (Phi) is 4.59. The number of hydrogen-bond acceptors (Lipinski definition) is 5. The van der Waals surface area contributed by atoms with Crippen LogP contribution in [0, 0.1) is 0 Å². The Hall–Kier alpha value is -1.63. The van der Waals surface area contributed by atoms with Crippen LogP contribution in [0.2, 0.25) is 0 Å². The van der Waals surface area contributed by atoms with Gasteiger partial charge in [-0.25, -0.2) is 0 Å². The summed E-state index contributed by atoms with van der Waals surface area (Å²) in [6.45, 7) is -0.354. The van der Waals surface area contributed by atoms with Gasteiger partial charge in [-0.1, -0.05) is 36.4 Å². The number of benzene rings is 2. The number of fused-ring (bicyclic) bond motifs is 1. The second-order valence-electron chi connectivity index (χ2n) is 4.43. The van der Waals surface area contributed by atoms with Gasteiger partial charge in [0.1, 0.15) is 18.5 Å². The number of aliphatic hydroxyl groups is 1. The first kappa shape index (κ1) is 14.8. The number of aliphatic hydroxyl groups excluding tert-OH is 1. The smallest absolute Gasteiger partial charge is 0.264 e. The molecule has 2 aromatic rings. The highest BCUT2D eigenvalue weighted by molar-refractivity contribution is 7.85. The van der Waals surface area contributed by atoms with Crippen LogP contribution in [0.25, 0.3) is 10.8 Å². The van der Waals surface area contributed by atoms with Gasteiger partial charge in [0.2, 0.25) is 0 Å². The van der Waals surface area contributed by atoms with Crippen molar-refractivity contribution in [3.63, 3.8) is 0 Å². The molecule has 0 saturated heterocycles. The Balaban J connectivity index is 1.99. The first-order valence-electron chi connectivity index (χ1n) is 6.09. The second-order valence-corrected chi connectivity index (χ2v) is 6.07. The summed E-state index contributed by atoms with van der Waals surface area (Å²) in [6, 6.07) is 13.3. The fourth-order valence-corrected chi connectivity index (χ4v) is 2.16. The average Bonchev–Trinajstić information content (AvgIpc) is 2.42. The molecular weight excluding hydrogens is 280 g/mol. The van der Waals surface area contributed by atoms with E-state index in [1.165, 1.54) is 0 Å². The Bertz CT molecular complexity index is 676. The van der Waals surface area contributed by atoms with Crippen molar-refractivity contribution in [2.24, 2.45) is 0 Å². The maximum Gasteiger partial charge on any atom is 0.264 e. The van der Waals surface area contributed by atoms with E-state index in [2.05, 4.69) is 4.18 Å². The van der Waals surface area contributed by atoms with Crippen molar-refractivity contribution in [3.8, 4) is 5.75 Å². The predicted molar refractivity (Wildman–Crippen MR) is 76.2 cm³/mol. The molecule has 1 N–H and O–H groups in total. The fourth-order valence-electron chi connectivity index (χ4n) is 1.76. The number of hydrogen-bond donors (Lipinski definition) is 1. The number of rotatable bonds is 6. The lowest BCUT2D eigenvalue weighted by atomic mass is 10.1. The molecule has 0 aliphatic carbocycles. The van der Waals surface area contributed by atoms with Gasteiger partial charge in [-0.05, 0) is 11.5 Å². The maximum atomic E-state index is 10.8. The molecule has 0 spiro atoms. The SMILES string of the molecule is CS(=O)(=O)OCC(O)COc1cccc2ccccc12. The lowest BCUT2D eigenvalue weighted by Crippen LogP contribution is -2.25. The summed E-state index contributed by atoms with van der Waals surface area (Å²) in [5.41, 5.74) is 0. The zero-order chi connectivity index (χ0) is 14.6. The molecule has 6 heteroatoms. The molecule has 2 aromatic carbocycles. The highest BCUT2D eigenvalue weighted by atomic mass is 32.2. The highest BCUT2D eigenvalue weighted by Crippen LogP contribution is 2.25. The van der Waals surface area contributed by atoms with E-state index in [0.717, 1.165) is 17.0 Å². The highest BCUT2D eigenvalue weighted by Gasteiger charge is 2.11. The van der Waals surface area contributed by atoms with Crippen LogP contribution in [-0.4, -0.2) is 39.1 Å². The summed E-state index contributed by atoms with van der Waals surface area (Å²) in [5.74, 6) is 0.640. The van der Waals surface area contributed by atoms with E-state index in [1.807, 2.05) is 36.4 Å². The van der Waals surface area contributed by atoms with E-state index in [0.29, 0.717) is 5.75 Å². The van der Waals surface area contributed by atoms with Gasteiger partial charge >= 0.3 is 0 Å². The fraction of sp³-hybridized carbons (Fsp3) is 0.286. The van der Waals surface area contributed by atoms with E-state index < -0.39 is 16.2 Å². The molecule has 1 atom stereocenters. The zero-order valence-electron chi connectivity index (χ0n) is 11.0. The van der Waals surface area contributed by atoms with E-state index in [-0.39, 0.29) is 13.2 Å². The molecule has 1 unspecified atom stereocenters. The summed E-state index contributed by atoms with van der Waals surface area (Å²) in [5, 5.41) is 11.6. The normalized spacial score (nSPS) is 13.3. The molecule has 2 rings (SSSR count). The average molecular weight is 296 g/mol.